The lowest BCUT2D eigenvalue weighted by Crippen LogP contribution is -2.28. The third-order valence-corrected chi connectivity index (χ3v) is 3.77. The summed E-state index contributed by atoms with van der Waals surface area (Å²) in [4.78, 5) is 11.8. The number of carbonyl (C=O) groups is 1. The fourth-order valence-electron chi connectivity index (χ4n) is 1.94. The summed E-state index contributed by atoms with van der Waals surface area (Å²) in [6.45, 7) is 1.67. The second-order valence-electron chi connectivity index (χ2n) is 4.72. The molecule has 2 rings (SSSR count). The van der Waals surface area contributed by atoms with Crippen molar-refractivity contribution < 1.29 is 18.0 Å². The fraction of sp³-hybridized carbons (Fsp3) is 0.267. The monoisotopic (exact) mass is 313 g/mol. The number of amides is 1. The van der Waals surface area contributed by atoms with Crippen LogP contribution in [0.25, 0.3) is 0 Å². The number of thiophene rings is 1. The molecule has 0 spiro atoms. The van der Waals surface area contributed by atoms with Crippen molar-refractivity contribution in [3.05, 3.63) is 57.8 Å². The van der Waals surface area contributed by atoms with Crippen LogP contribution in [-0.4, -0.2) is 5.91 Å². The van der Waals surface area contributed by atoms with Gasteiger partial charge in [-0.3, -0.25) is 4.79 Å². The Morgan fingerprint density at radius 2 is 2.10 bits per heavy atom. The lowest BCUT2D eigenvalue weighted by atomic mass is 10.0. The van der Waals surface area contributed by atoms with E-state index in [0.717, 1.165) is 17.7 Å². The Labute approximate surface area is 124 Å². The van der Waals surface area contributed by atoms with Gasteiger partial charge < -0.3 is 5.32 Å². The molecule has 112 valence electrons. The molecule has 0 saturated carbocycles. The second kappa shape index (κ2) is 6.30. The maximum absolute atomic E-state index is 12.7. The minimum absolute atomic E-state index is 0.210. The molecule has 1 unspecified atom stereocenters. The van der Waals surface area contributed by atoms with E-state index in [2.05, 4.69) is 5.32 Å². The van der Waals surface area contributed by atoms with Crippen LogP contribution in [0, 0.1) is 0 Å². The van der Waals surface area contributed by atoms with Gasteiger partial charge in [0.2, 0.25) is 5.91 Å². The summed E-state index contributed by atoms with van der Waals surface area (Å²) in [6.07, 6.45) is -4.15. The van der Waals surface area contributed by atoms with Gasteiger partial charge in [0.15, 0.2) is 0 Å². The number of nitrogens with one attached hydrogen (secondary N) is 1. The fourth-order valence-corrected chi connectivity index (χ4v) is 2.61. The van der Waals surface area contributed by atoms with E-state index in [9.17, 15) is 18.0 Å². The van der Waals surface area contributed by atoms with E-state index in [4.69, 9.17) is 0 Å². The van der Waals surface area contributed by atoms with Crippen molar-refractivity contribution in [1.29, 1.82) is 0 Å². The predicted octanol–water partition coefficient (Wildman–Crippen LogP) is 4.19. The van der Waals surface area contributed by atoms with E-state index in [1.54, 1.807) is 13.0 Å². The molecule has 1 N–H and O–H groups in total. The van der Waals surface area contributed by atoms with Crippen LogP contribution in [0.15, 0.2) is 41.1 Å². The van der Waals surface area contributed by atoms with Crippen LogP contribution in [0.3, 0.4) is 0 Å². The SMILES string of the molecule is CC(NC(=O)Cc1ccsc1)c1cccc(C(F)(F)F)c1. The summed E-state index contributed by atoms with van der Waals surface area (Å²) in [5.41, 5.74) is 0.621. The first-order valence-electron chi connectivity index (χ1n) is 6.34. The minimum atomic E-state index is -4.38. The van der Waals surface area contributed by atoms with Gasteiger partial charge in [0.25, 0.3) is 0 Å². The third-order valence-electron chi connectivity index (χ3n) is 3.04. The normalized spacial score (nSPS) is 13.0. The maximum Gasteiger partial charge on any atom is 0.416 e. The Morgan fingerprint density at radius 1 is 1.33 bits per heavy atom. The van der Waals surface area contributed by atoms with Gasteiger partial charge in [0, 0.05) is 0 Å². The van der Waals surface area contributed by atoms with E-state index in [0.29, 0.717) is 5.56 Å². The van der Waals surface area contributed by atoms with Crippen LogP contribution in [0.1, 0.15) is 29.7 Å². The molecule has 6 heteroatoms. The van der Waals surface area contributed by atoms with Gasteiger partial charge >= 0.3 is 6.18 Å². The predicted molar refractivity (Wildman–Crippen MR) is 76.0 cm³/mol. The number of alkyl halides is 3. The van der Waals surface area contributed by atoms with E-state index in [-0.39, 0.29) is 12.3 Å². The highest BCUT2D eigenvalue weighted by Crippen LogP contribution is 2.30. The summed E-state index contributed by atoms with van der Waals surface area (Å²) >= 11 is 1.50. The van der Waals surface area contributed by atoms with Gasteiger partial charge in [-0.25, -0.2) is 0 Å². The number of hydrogen-bond acceptors (Lipinski definition) is 2. The first-order valence-corrected chi connectivity index (χ1v) is 7.28. The van der Waals surface area contributed by atoms with Crippen molar-refractivity contribution in [3.63, 3.8) is 0 Å². The lowest BCUT2D eigenvalue weighted by Gasteiger charge is -2.16. The van der Waals surface area contributed by atoms with Crippen molar-refractivity contribution in [1.82, 2.24) is 5.32 Å². The Morgan fingerprint density at radius 3 is 2.71 bits per heavy atom. The summed E-state index contributed by atoms with van der Waals surface area (Å²) in [6, 6.07) is 6.38. The van der Waals surface area contributed by atoms with Crippen molar-refractivity contribution in [2.75, 3.05) is 0 Å². The molecule has 0 aliphatic carbocycles. The highest BCUT2D eigenvalue weighted by molar-refractivity contribution is 7.07. The molecule has 0 bridgehead atoms. The van der Waals surface area contributed by atoms with Crippen LogP contribution >= 0.6 is 11.3 Å². The Bertz CT molecular complexity index is 608. The van der Waals surface area contributed by atoms with Crippen LogP contribution in [-0.2, 0) is 17.4 Å². The lowest BCUT2D eigenvalue weighted by molar-refractivity contribution is -0.137. The average molecular weight is 313 g/mol. The number of halogens is 3. The van der Waals surface area contributed by atoms with Crippen molar-refractivity contribution >= 4 is 17.2 Å². The van der Waals surface area contributed by atoms with Crippen LogP contribution in [0.5, 0.6) is 0 Å². The topological polar surface area (TPSA) is 29.1 Å². The van der Waals surface area contributed by atoms with Crippen LogP contribution in [0.2, 0.25) is 0 Å². The molecule has 21 heavy (non-hydrogen) atoms. The molecule has 1 heterocycles. The molecule has 0 fully saturated rings. The Balaban J connectivity index is 2.03. The van der Waals surface area contributed by atoms with Gasteiger partial charge in [-0.1, -0.05) is 12.1 Å². The molecule has 2 aromatic rings. The zero-order valence-corrected chi connectivity index (χ0v) is 12.1. The molecule has 2 nitrogen and oxygen atoms in total. The largest absolute Gasteiger partial charge is 0.416 e. The minimum Gasteiger partial charge on any atom is -0.349 e. The number of benzene rings is 1. The molecular weight excluding hydrogens is 299 g/mol. The molecular formula is C15H14F3NOS. The molecule has 0 aliphatic heterocycles. The number of carbonyl (C=O) groups excluding carboxylic acids is 1. The van der Waals surface area contributed by atoms with E-state index in [1.807, 2.05) is 16.8 Å². The Hall–Kier alpha value is -1.82. The van der Waals surface area contributed by atoms with Gasteiger partial charge in [0.1, 0.15) is 0 Å². The zero-order valence-electron chi connectivity index (χ0n) is 11.3. The van der Waals surface area contributed by atoms with Gasteiger partial charge in [0.05, 0.1) is 18.0 Å². The summed E-state index contributed by atoms with van der Waals surface area (Å²) < 4.78 is 38.0. The summed E-state index contributed by atoms with van der Waals surface area (Å²) in [5.74, 6) is -0.210. The van der Waals surface area contributed by atoms with Gasteiger partial charge in [-0.05, 0) is 47.0 Å². The third kappa shape index (κ3) is 4.32. The molecule has 0 radical (unpaired) electrons. The zero-order chi connectivity index (χ0) is 15.5. The molecule has 1 atom stereocenters. The number of hydrogen-bond donors (Lipinski definition) is 1. The van der Waals surface area contributed by atoms with Crippen LogP contribution < -0.4 is 5.32 Å². The first kappa shape index (κ1) is 15.6. The second-order valence-corrected chi connectivity index (χ2v) is 5.50. The van der Waals surface area contributed by atoms with Crippen molar-refractivity contribution in [2.24, 2.45) is 0 Å². The molecule has 0 saturated heterocycles. The molecule has 0 aliphatic rings. The van der Waals surface area contributed by atoms with Crippen molar-refractivity contribution in [3.8, 4) is 0 Å². The van der Waals surface area contributed by atoms with Gasteiger partial charge in [-0.2, -0.15) is 24.5 Å². The average Bonchev–Trinajstić information content (AvgIpc) is 2.90. The molecule has 1 amide bonds. The highest BCUT2D eigenvalue weighted by Gasteiger charge is 2.30. The van der Waals surface area contributed by atoms with Crippen LogP contribution in [0.4, 0.5) is 13.2 Å². The molecule has 1 aromatic heterocycles. The van der Waals surface area contributed by atoms with Crippen molar-refractivity contribution in [2.45, 2.75) is 25.6 Å². The summed E-state index contributed by atoms with van der Waals surface area (Å²) in [5, 5.41) is 6.45. The maximum atomic E-state index is 12.7. The standard InChI is InChI=1S/C15H14F3NOS/c1-10(19-14(20)7-11-5-6-21-9-11)12-3-2-4-13(8-12)15(16,17)18/h2-6,8-10H,7H2,1H3,(H,19,20). The van der Waals surface area contributed by atoms with Gasteiger partial charge in [-0.15, -0.1) is 0 Å². The van der Waals surface area contributed by atoms with E-state index < -0.39 is 17.8 Å². The first-order chi connectivity index (χ1) is 9.86. The van der Waals surface area contributed by atoms with E-state index in [1.165, 1.54) is 17.4 Å². The smallest absolute Gasteiger partial charge is 0.349 e. The quantitative estimate of drug-likeness (QED) is 0.901. The highest BCUT2D eigenvalue weighted by atomic mass is 32.1. The van der Waals surface area contributed by atoms with E-state index >= 15 is 0 Å². The molecule has 1 aromatic carbocycles. The Kier molecular flexibility index (Phi) is 4.67. The summed E-state index contributed by atoms with van der Waals surface area (Å²) in [7, 11) is 0. The number of rotatable bonds is 4.